The van der Waals surface area contributed by atoms with E-state index in [-0.39, 0.29) is 32.6 Å². The van der Waals surface area contributed by atoms with Crippen LogP contribution in [-0.4, -0.2) is 49.3 Å². The molecule has 0 radical (unpaired) electrons. The van der Waals surface area contributed by atoms with E-state index in [1.54, 1.807) is 0 Å². The molecule has 3 N–H and O–H groups in total. The van der Waals surface area contributed by atoms with Gasteiger partial charge in [0.15, 0.2) is 6.10 Å². The lowest BCUT2D eigenvalue weighted by molar-refractivity contribution is -0.161. The van der Waals surface area contributed by atoms with Gasteiger partial charge in [0.1, 0.15) is 6.61 Å². The van der Waals surface area contributed by atoms with Gasteiger partial charge in [-0.2, -0.15) is 0 Å². The molecule has 10 heteroatoms. The van der Waals surface area contributed by atoms with E-state index >= 15 is 0 Å². The SMILES string of the molecule is CCCCCCC/C=C\CCCCCCCC(=O)O[C@H](COC(=O)CCCCCCC/C=C\CCCCCCCCC)COP(=O)(O)OCCN. The molecule has 0 fully saturated rings. The first-order valence-electron chi connectivity index (χ1n) is 20.8. The normalized spacial score (nSPS) is 13.6. The Kier molecular flexibility index (Phi) is 37.1. The van der Waals surface area contributed by atoms with E-state index < -0.39 is 32.5 Å². The van der Waals surface area contributed by atoms with Crippen LogP contribution in [-0.2, 0) is 32.7 Å². The van der Waals surface area contributed by atoms with Crippen LogP contribution in [0.25, 0.3) is 0 Å². The van der Waals surface area contributed by atoms with Crippen molar-refractivity contribution in [2.45, 2.75) is 200 Å². The molecule has 51 heavy (non-hydrogen) atoms. The van der Waals surface area contributed by atoms with Crippen LogP contribution in [0.5, 0.6) is 0 Å². The molecule has 2 atom stereocenters. The minimum atomic E-state index is -4.37. The van der Waals surface area contributed by atoms with Crippen molar-refractivity contribution >= 4 is 19.8 Å². The summed E-state index contributed by atoms with van der Waals surface area (Å²) in [4.78, 5) is 34.8. The van der Waals surface area contributed by atoms with Crippen LogP contribution in [0.2, 0.25) is 0 Å². The fraction of sp³-hybridized carbons (Fsp3) is 0.854. The standard InChI is InChI=1S/C41H78NO8P/c1-3-5-7-9-11-13-15-17-19-20-22-23-25-27-29-31-33-40(43)47-37-39(38-49-51(45,46)48-36-35-42)50-41(44)34-32-30-28-26-24-21-18-16-14-12-10-8-6-4-2/h16,18-20,39H,3-15,17,21-38,42H2,1-2H3,(H,45,46)/b18-16-,20-19-/t39-/m1/s1. The summed E-state index contributed by atoms with van der Waals surface area (Å²) in [6, 6.07) is 0. The first-order chi connectivity index (χ1) is 24.8. The number of esters is 2. The zero-order valence-corrected chi connectivity index (χ0v) is 33.7. The summed E-state index contributed by atoms with van der Waals surface area (Å²) in [6.45, 7) is 3.70. The second kappa shape index (κ2) is 38.2. The summed E-state index contributed by atoms with van der Waals surface area (Å²) in [6.07, 6.45) is 39.2. The number of phosphoric ester groups is 1. The molecule has 0 aliphatic carbocycles. The smallest absolute Gasteiger partial charge is 0.462 e. The molecule has 9 nitrogen and oxygen atoms in total. The Balaban J connectivity index is 4.19. The fourth-order valence-corrected chi connectivity index (χ4v) is 6.45. The molecule has 0 saturated carbocycles. The number of nitrogens with two attached hydrogens (primary N) is 1. The van der Waals surface area contributed by atoms with Crippen molar-refractivity contribution in [3.8, 4) is 0 Å². The van der Waals surface area contributed by atoms with Gasteiger partial charge in [-0.25, -0.2) is 4.57 Å². The average molecular weight is 744 g/mol. The summed E-state index contributed by atoms with van der Waals surface area (Å²) in [5.74, 6) is -0.845. The first-order valence-corrected chi connectivity index (χ1v) is 22.3. The average Bonchev–Trinajstić information content (AvgIpc) is 3.11. The molecule has 0 aromatic carbocycles. The topological polar surface area (TPSA) is 134 Å². The first kappa shape index (κ1) is 49.5. The van der Waals surface area contributed by atoms with Crippen molar-refractivity contribution < 1.29 is 37.6 Å². The lowest BCUT2D eigenvalue weighted by atomic mass is 10.1. The predicted octanol–water partition coefficient (Wildman–Crippen LogP) is 11.6. The van der Waals surface area contributed by atoms with E-state index in [2.05, 4.69) is 38.2 Å². The van der Waals surface area contributed by atoms with Crippen molar-refractivity contribution in [3.05, 3.63) is 24.3 Å². The fourth-order valence-electron chi connectivity index (χ4n) is 5.68. The third kappa shape index (κ3) is 38.0. The molecule has 0 aromatic heterocycles. The van der Waals surface area contributed by atoms with Crippen LogP contribution < -0.4 is 5.73 Å². The second-order valence-corrected chi connectivity index (χ2v) is 15.3. The Labute approximate surface area is 312 Å². The van der Waals surface area contributed by atoms with Crippen molar-refractivity contribution in [3.63, 3.8) is 0 Å². The Bertz CT molecular complexity index is 897. The number of ether oxygens (including phenoxy) is 2. The van der Waals surface area contributed by atoms with Crippen LogP contribution in [0.15, 0.2) is 24.3 Å². The number of carbonyl (C=O) groups excluding carboxylic acids is 2. The summed E-state index contributed by atoms with van der Waals surface area (Å²) in [5.41, 5.74) is 5.34. The maximum atomic E-state index is 12.5. The van der Waals surface area contributed by atoms with Crippen LogP contribution in [0.1, 0.15) is 194 Å². The van der Waals surface area contributed by atoms with Gasteiger partial charge in [-0.15, -0.1) is 0 Å². The van der Waals surface area contributed by atoms with Crippen molar-refractivity contribution in [2.24, 2.45) is 5.73 Å². The van der Waals surface area contributed by atoms with Gasteiger partial charge in [0.2, 0.25) is 0 Å². The van der Waals surface area contributed by atoms with E-state index in [9.17, 15) is 19.0 Å². The molecule has 0 spiro atoms. The molecule has 0 heterocycles. The number of rotatable bonds is 39. The van der Waals surface area contributed by atoms with Gasteiger partial charge >= 0.3 is 19.8 Å². The predicted molar refractivity (Wildman–Crippen MR) is 211 cm³/mol. The highest BCUT2D eigenvalue weighted by Gasteiger charge is 2.26. The Hall–Kier alpha value is -1.51. The quantitative estimate of drug-likeness (QED) is 0.0273. The van der Waals surface area contributed by atoms with Crippen LogP contribution >= 0.6 is 7.82 Å². The van der Waals surface area contributed by atoms with Crippen molar-refractivity contribution in [1.82, 2.24) is 0 Å². The third-order valence-electron chi connectivity index (χ3n) is 8.81. The molecular weight excluding hydrogens is 665 g/mol. The van der Waals surface area contributed by atoms with Gasteiger partial charge in [0.25, 0.3) is 0 Å². The van der Waals surface area contributed by atoms with E-state index in [0.717, 1.165) is 70.6 Å². The minimum Gasteiger partial charge on any atom is -0.462 e. The molecule has 0 aliphatic rings. The van der Waals surface area contributed by atoms with E-state index in [0.29, 0.717) is 6.42 Å². The molecular formula is C41H78NO8P. The van der Waals surface area contributed by atoms with Gasteiger partial charge in [-0.3, -0.25) is 18.6 Å². The Morgan fingerprint density at radius 3 is 1.39 bits per heavy atom. The lowest BCUT2D eigenvalue weighted by Gasteiger charge is -2.19. The van der Waals surface area contributed by atoms with Gasteiger partial charge in [-0.1, -0.05) is 141 Å². The maximum absolute atomic E-state index is 12.5. The van der Waals surface area contributed by atoms with Gasteiger partial charge in [-0.05, 0) is 64.2 Å². The lowest BCUT2D eigenvalue weighted by Crippen LogP contribution is -2.29. The zero-order valence-electron chi connectivity index (χ0n) is 32.8. The number of carbonyl (C=O) groups is 2. The molecule has 0 saturated heterocycles. The van der Waals surface area contributed by atoms with Crippen LogP contribution in [0.3, 0.4) is 0 Å². The highest BCUT2D eigenvalue weighted by atomic mass is 31.2. The molecule has 0 aromatic rings. The van der Waals surface area contributed by atoms with E-state index in [4.69, 9.17) is 24.3 Å². The van der Waals surface area contributed by atoms with Crippen molar-refractivity contribution in [2.75, 3.05) is 26.4 Å². The maximum Gasteiger partial charge on any atom is 0.472 e. The molecule has 0 bridgehead atoms. The number of allylic oxidation sites excluding steroid dienone is 4. The monoisotopic (exact) mass is 744 g/mol. The summed E-state index contributed by atoms with van der Waals surface area (Å²) in [5, 5.41) is 0. The molecule has 1 unspecified atom stereocenters. The van der Waals surface area contributed by atoms with E-state index in [1.165, 1.54) is 89.9 Å². The second-order valence-electron chi connectivity index (χ2n) is 13.8. The largest absolute Gasteiger partial charge is 0.472 e. The highest BCUT2D eigenvalue weighted by Crippen LogP contribution is 2.43. The number of hydrogen-bond donors (Lipinski definition) is 2. The van der Waals surface area contributed by atoms with Crippen LogP contribution in [0.4, 0.5) is 0 Å². The van der Waals surface area contributed by atoms with Crippen LogP contribution in [0, 0.1) is 0 Å². The zero-order chi connectivity index (χ0) is 37.5. The van der Waals surface area contributed by atoms with E-state index in [1.807, 2.05) is 0 Å². The number of phosphoric acid groups is 1. The summed E-state index contributed by atoms with van der Waals surface area (Å²) < 4.78 is 32.7. The van der Waals surface area contributed by atoms with Gasteiger partial charge in [0.05, 0.1) is 13.2 Å². The number of unbranched alkanes of at least 4 members (excludes halogenated alkanes) is 22. The summed E-state index contributed by atoms with van der Waals surface area (Å²) in [7, 11) is -4.37. The molecule has 300 valence electrons. The van der Waals surface area contributed by atoms with Gasteiger partial charge < -0.3 is 20.1 Å². The Morgan fingerprint density at radius 1 is 0.569 bits per heavy atom. The minimum absolute atomic E-state index is 0.0518. The molecule has 0 amide bonds. The van der Waals surface area contributed by atoms with Crippen molar-refractivity contribution in [1.29, 1.82) is 0 Å². The number of hydrogen-bond acceptors (Lipinski definition) is 8. The molecule has 0 aliphatic heterocycles. The highest BCUT2D eigenvalue weighted by molar-refractivity contribution is 7.47. The Morgan fingerprint density at radius 2 is 0.961 bits per heavy atom. The summed E-state index contributed by atoms with van der Waals surface area (Å²) >= 11 is 0. The third-order valence-corrected chi connectivity index (χ3v) is 9.79. The van der Waals surface area contributed by atoms with Gasteiger partial charge in [0, 0.05) is 19.4 Å². The molecule has 0 rings (SSSR count).